The van der Waals surface area contributed by atoms with Crippen LogP contribution in [0, 0.1) is 0 Å². The van der Waals surface area contributed by atoms with E-state index in [4.69, 9.17) is 14.2 Å². The monoisotopic (exact) mass is 435 g/mol. The Hall–Kier alpha value is -2.21. The van der Waals surface area contributed by atoms with Gasteiger partial charge < -0.3 is 19.5 Å². The van der Waals surface area contributed by atoms with E-state index in [1.54, 1.807) is 14.2 Å². The maximum Gasteiger partial charge on any atom is 0.220 e. The van der Waals surface area contributed by atoms with Gasteiger partial charge in [0.05, 0.1) is 31.3 Å². The van der Waals surface area contributed by atoms with Crippen molar-refractivity contribution >= 4 is 21.8 Å². The second-order valence-corrected chi connectivity index (χ2v) is 6.96. The average Bonchev–Trinajstić information content (AvgIpc) is 2.67. The van der Waals surface area contributed by atoms with Gasteiger partial charge in [-0.05, 0) is 71.6 Å². The first-order chi connectivity index (χ1) is 13.0. The Bertz CT molecular complexity index is 779. The van der Waals surface area contributed by atoms with Crippen molar-refractivity contribution in [2.75, 3.05) is 20.8 Å². The molecule has 0 aliphatic carbocycles. The molecule has 0 aromatic heterocycles. The molecule has 0 saturated heterocycles. The van der Waals surface area contributed by atoms with Crippen molar-refractivity contribution in [1.82, 2.24) is 5.32 Å². The number of aryl methyl sites for hydroxylation is 1. The molecule has 0 radical (unpaired) electrons. The van der Waals surface area contributed by atoms with Gasteiger partial charge in [0.25, 0.3) is 0 Å². The maximum absolute atomic E-state index is 12.3. The lowest BCUT2D eigenvalue weighted by Gasteiger charge is -2.17. The summed E-state index contributed by atoms with van der Waals surface area (Å²) in [5.74, 6) is 2.15. The maximum atomic E-state index is 12.3. The molecule has 5 nitrogen and oxygen atoms in total. The summed E-state index contributed by atoms with van der Waals surface area (Å²) in [4.78, 5) is 12.3. The van der Waals surface area contributed by atoms with Crippen LogP contribution in [0.1, 0.15) is 37.4 Å². The summed E-state index contributed by atoms with van der Waals surface area (Å²) in [5.41, 5.74) is 2.05. The first kappa shape index (κ1) is 21.1. The van der Waals surface area contributed by atoms with Gasteiger partial charge in [0.1, 0.15) is 5.75 Å². The van der Waals surface area contributed by atoms with Crippen molar-refractivity contribution in [3.63, 3.8) is 0 Å². The lowest BCUT2D eigenvalue weighted by atomic mass is 10.1. The van der Waals surface area contributed by atoms with Gasteiger partial charge in [0.15, 0.2) is 11.5 Å². The zero-order valence-electron chi connectivity index (χ0n) is 16.2. The van der Waals surface area contributed by atoms with Gasteiger partial charge >= 0.3 is 0 Å². The van der Waals surface area contributed by atoms with Gasteiger partial charge in [-0.1, -0.05) is 12.1 Å². The largest absolute Gasteiger partial charge is 0.496 e. The molecule has 146 valence electrons. The molecular formula is C21H26BrNO4. The summed E-state index contributed by atoms with van der Waals surface area (Å²) in [5, 5.41) is 3.03. The molecule has 2 aromatic rings. The fourth-order valence-corrected chi connectivity index (χ4v) is 3.34. The third-order valence-electron chi connectivity index (χ3n) is 4.22. The fraction of sp³-hybridized carbons (Fsp3) is 0.381. The number of nitrogens with one attached hydrogen (secondary N) is 1. The van der Waals surface area contributed by atoms with E-state index >= 15 is 0 Å². The molecule has 1 N–H and O–H groups in total. The molecular weight excluding hydrogens is 410 g/mol. The molecule has 0 bridgehead atoms. The first-order valence-corrected chi connectivity index (χ1v) is 9.70. The van der Waals surface area contributed by atoms with Crippen LogP contribution in [-0.2, 0) is 11.2 Å². The van der Waals surface area contributed by atoms with Gasteiger partial charge in [-0.2, -0.15) is 0 Å². The zero-order valence-corrected chi connectivity index (χ0v) is 17.8. The number of carbonyl (C=O) groups excluding carboxylic acids is 1. The molecule has 1 amide bonds. The van der Waals surface area contributed by atoms with E-state index in [-0.39, 0.29) is 11.9 Å². The van der Waals surface area contributed by atoms with Crippen molar-refractivity contribution in [3.8, 4) is 17.2 Å². The molecule has 27 heavy (non-hydrogen) atoms. The molecule has 0 heterocycles. The minimum Gasteiger partial charge on any atom is -0.496 e. The van der Waals surface area contributed by atoms with E-state index in [0.717, 1.165) is 21.3 Å². The number of rotatable bonds is 9. The van der Waals surface area contributed by atoms with Crippen LogP contribution in [-0.4, -0.2) is 26.7 Å². The molecule has 0 aliphatic heterocycles. The van der Waals surface area contributed by atoms with Crippen LogP contribution in [0.25, 0.3) is 0 Å². The molecule has 0 saturated carbocycles. The Labute approximate surface area is 169 Å². The molecule has 6 heteroatoms. The van der Waals surface area contributed by atoms with E-state index in [1.165, 1.54) is 0 Å². The highest BCUT2D eigenvalue weighted by Gasteiger charge is 2.13. The number of amides is 1. The smallest absolute Gasteiger partial charge is 0.220 e. The summed E-state index contributed by atoms with van der Waals surface area (Å²) in [7, 11) is 3.24. The molecule has 0 aliphatic rings. The second-order valence-electron chi connectivity index (χ2n) is 6.10. The Balaban J connectivity index is 1.94. The number of hydrogen-bond donors (Lipinski definition) is 1. The lowest BCUT2D eigenvalue weighted by molar-refractivity contribution is -0.121. The summed E-state index contributed by atoms with van der Waals surface area (Å²) in [6.07, 6.45) is 1.07. The highest BCUT2D eigenvalue weighted by atomic mass is 79.9. The third-order valence-corrected chi connectivity index (χ3v) is 4.84. The summed E-state index contributed by atoms with van der Waals surface area (Å²) >= 11 is 3.47. The Morgan fingerprint density at radius 3 is 2.41 bits per heavy atom. The highest BCUT2D eigenvalue weighted by Crippen LogP contribution is 2.30. The predicted octanol–water partition coefficient (Wildman–Crippen LogP) is 4.68. The molecule has 1 unspecified atom stereocenters. The van der Waals surface area contributed by atoms with Crippen molar-refractivity contribution in [2.24, 2.45) is 0 Å². The Morgan fingerprint density at radius 1 is 1.07 bits per heavy atom. The molecule has 2 aromatic carbocycles. The van der Waals surface area contributed by atoms with Crippen LogP contribution >= 0.6 is 15.9 Å². The first-order valence-electron chi connectivity index (χ1n) is 8.91. The fourth-order valence-electron chi connectivity index (χ4n) is 2.75. The molecule has 2 rings (SSSR count). The van der Waals surface area contributed by atoms with Crippen LogP contribution < -0.4 is 19.5 Å². The quantitative estimate of drug-likeness (QED) is 0.621. The zero-order chi connectivity index (χ0) is 19.8. The van der Waals surface area contributed by atoms with Crippen LogP contribution in [0.2, 0.25) is 0 Å². The van der Waals surface area contributed by atoms with Crippen molar-refractivity contribution in [2.45, 2.75) is 32.7 Å². The van der Waals surface area contributed by atoms with Crippen LogP contribution in [0.15, 0.2) is 40.9 Å². The lowest BCUT2D eigenvalue weighted by Crippen LogP contribution is -2.26. The van der Waals surface area contributed by atoms with Crippen molar-refractivity contribution < 1.29 is 19.0 Å². The van der Waals surface area contributed by atoms with Crippen LogP contribution in [0.5, 0.6) is 17.2 Å². The molecule has 0 spiro atoms. The van der Waals surface area contributed by atoms with Gasteiger partial charge in [0, 0.05) is 6.42 Å². The number of benzene rings is 2. The average molecular weight is 436 g/mol. The number of carbonyl (C=O) groups is 1. The second kappa shape index (κ2) is 10.2. The number of halogens is 1. The van der Waals surface area contributed by atoms with Gasteiger partial charge in [-0.25, -0.2) is 0 Å². The number of methoxy groups -OCH3 is 2. The SMILES string of the molecule is CCOc1ccc(C(C)NC(=O)CCc2ccc(OC)c(Br)c2)cc1OC. The van der Waals surface area contributed by atoms with E-state index in [2.05, 4.69) is 21.2 Å². The van der Waals surface area contributed by atoms with E-state index in [9.17, 15) is 4.79 Å². The summed E-state index contributed by atoms with van der Waals surface area (Å²) in [6.45, 7) is 4.46. The highest BCUT2D eigenvalue weighted by molar-refractivity contribution is 9.10. The van der Waals surface area contributed by atoms with Crippen molar-refractivity contribution in [3.05, 3.63) is 52.0 Å². The van der Waals surface area contributed by atoms with E-state index in [0.29, 0.717) is 30.9 Å². The van der Waals surface area contributed by atoms with Crippen LogP contribution in [0.4, 0.5) is 0 Å². The van der Waals surface area contributed by atoms with Gasteiger partial charge in [-0.3, -0.25) is 4.79 Å². The predicted molar refractivity (Wildman–Crippen MR) is 110 cm³/mol. The van der Waals surface area contributed by atoms with Crippen LogP contribution in [0.3, 0.4) is 0 Å². The Morgan fingerprint density at radius 2 is 1.78 bits per heavy atom. The normalized spacial score (nSPS) is 11.6. The van der Waals surface area contributed by atoms with E-state index < -0.39 is 0 Å². The minimum atomic E-state index is -0.121. The van der Waals surface area contributed by atoms with Gasteiger partial charge in [-0.15, -0.1) is 0 Å². The van der Waals surface area contributed by atoms with Crippen molar-refractivity contribution in [1.29, 1.82) is 0 Å². The molecule has 1 atom stereocenters. The molecule has 0 fully saturated rings. The summed E-state index contributed by atoms with van der Waals surface area (Å²) < 4.78 is 17.0. The standard InChI is InChI=1S/C21H26BrNO4/c1-5-27-19-10-8-16(13-20(19)26-4)14(2)23-21(24)11-7-15-6-9-18(25-3)17(22)12-15/h6,8-10,12-14H,5,7,11H2,1-4H3,(H,23,24). The number of hydrogen-bond acceptors (Lipinski definition) is 4. The minimum absolute atomic E-state index is 0.00212. The van der Waals surface area contributed by atoms with Gasteiger partial charge in [0.2, 0.25) is 5.91 Å². The topological polar surface area (TPSA) is 56.8 Å². The van der Waals surface area contributed by atoms with E-state index in [1.807, 2.05) is 50.2 Å². The third kappa shape index (κ3) is 5.89. The summed E-state index contributed by atoms with van der Waals surface area (Å²) in [6, 6.07) is 11.4. The Kier molecular flexibility index (Phi) is 7.98. The number of ether oxygens (including phenoxy) is 3.